The monoisotopic (exact) mass is 256 g/mol. The number of pyridine rings is 1. The standard InChI is InChI=1S/C15H20N4/c1-10-9-11(2)18-15(14(10)17)19-13-5-3-12(4-6-13)7-8-16/h3-6,9H,7-8,16-17H2,1-2H3,(H,18,19). The Kier molecular flexibility index (Phi) is 4.02. The van der Waals surface area contributed by atoms with Crippen LogP contribution in [-0.4, -0.2) is 11.5 Å². The maximum atomic E-state index is 6.04. The molecule has 0 unspecified atom stereocenters. The SMILES string of the molecule is Cc1cc(C)c(N)c(Nc2ccc(CCN)cc2)n1. The fourth-order valence-corrected chi connectivity index (χ4v) is 2.00. The van der Waals surface area contributed by atoms with Gasteiger partial charge in [-0.05, 0) is 56.1 Å². The zero-order chi connectivity index (χ0) is 13.8. The van der Waals surface area contributed by atoms with Crippen LogP contribution in [0.15, 0.2) is 30.3 Å². The molecule has 1 aromatic carbocycles. The lowest BCUT2D eigenvalue weighted by Gasteiger charge is -2.12. The Morgan fingerprint density at radius 1 is 1.16 bits per heavy atom. The lowest BCUT2D eigenvalue weighted by molar-refractivity contribution is 0.969. The number of aryl methyl sites for hydroxylation is 2. The van der Waals surface area contributed by atoms with Gasteiger partial charge in [0.05, 0.1) is 5.69 Å². The molecule has 2 rings (SSSR count). The fourth-order valence-electron chi connectivity index (χ4n) is 2.00. The maximum Gasteiger partial charge on any atom is 0.154 e. The van der Waals surface area contributed by atoms with Gasteiger partial charge in [-0.25, -0.2) is 4.98 Å². The smallest absolute Gasteiger partial charge is 0.154 e. The Hall–Kier alpha value is -2.07. The van der Waals surface area contributed by atoms with Crippen LogP contribution in [0.2, 0.25) is 0 Å². The summed E-state index contributed by atoms with van der Waals surface area (Å²) in [6.45, 7) is 4.61. The van der Waals surface area contributed by atoms with E-state index in [1.165, 1.54) is 5.56 Å². The number of nitrogens with one attached hydrogen (secondary N) is 1. The number of hydrogen-bond acceptors (Lipinski definition) is 4. The van der Waals surface area contributed by atoms with Crippen LogP contribution < -0.4 is 16.8 Å². The van der Waals surface area contributed by atoms with Crippen molar-refractivity contribution in [2.24, 2.45) is 5.73 Å². The summed E-state index contributed by atoms with van der Waals surface area (Å²) in [7, 11) is 0. The number of benzene rings is 1. The lowest BCUT2D eigenvalue weighted by Crippen LogP contribution is -2.04. The molecule has 2 aromatic rings. The van der Waals surface area contributed by atoms with Crippen LogP contribution in [0.5, 0.6) is 0 Å². The molecule has 0 amide bonds. The number of rotatable bonds is 4. The van der Waals surface area contributed by atoms with E-state index in [2.05, 4.69) is 22.4 Å². The number of aromatic nitrogens is 1. The average Bonchev–Trinajstić information content (AvgIpc) is 2.38. The van der Waals surface area contributed by atoms with Crippen LogP contribution in [-0.2, 0) is 6.42 Å². The maximum absolute atomic E-state index is 6.04. The van der Waals surface area contributed by atoms with Gasteiger partial charge in [0.2, 0.25) is 0 Å². The molecule has 1 heterocycles. The number of anilines is 3. The van der Waals surface area contributed by atoms with Gasteiger partial charge in [0.1, 0.15) is 0 Å². The molecule has 1 aromatic heterocycles. The van der Waals surface area contributed by atoms with E-state index in [1.807, 2.05) is 32.0 Å². The Balaban J connectivity index is 2.21. The summed E-state index contributed by atoms with van der Waals surface area (Å²) in [5.74, 6) is 0.712. The normalized spacial score (nSPS) is 10.5. The Labute approximate surface area is 113 Å². The Bertz CT molecular complexity index is 561. The van der Waals surface area contributed by atoms with Crippen molar-refractivity contribution < 1.29 is 0 Å². The Morgan fingerprint density at radius 3 is 2.47 bits per heavy atom. The van der Waals surface area contributed by atoms with E-state index in [0.717, 1.165) is 23.4 Å². The third-order valence-electron chi connectivity index (χ3n) is 3.04. The molecule has 4 heteroatoms. The predicted octanol–water partition coefficient (Wildman–Crippen LogP) is 2.53. The van der Waals surface area contributed by atoms with Crippen molar-refractivity contribution in [1.29, 1.82) is 0 Å². The third kappa shape index (κ3) is 3.23. The molecule has 0 spiro atoms. The van der Waals surface area contributed by atoms with E-state index >= 15 is 0 Å². The van der Waals surface area contributed by atoms with Crippen molar-refractivity contribution in [3.63, 3.8) is 0 Å². The van der Waals surface area contributed by atoms with Crippen LogP contribution in [0.25, 0.3) is 0 Å². The van der Waals surface area contributed by atoms with E-state index in [0.29, 0.717) is 18.1 Å². The second-order valence-electron chi connectivity index (χ2n) is 4.70. The molecule has 0 bridgehead atoms. The molecule has 19 heavy (non-hydrogen) atoms. The average molecular weight is 256 g/mol. The topological polar surface area (TPSA) is 77.0 Å². The molecule has 4 nitrogen and oxygen atoms in total. The quantitative estimate of drug-likeness (QED) is 0.785. The second-order valence-corrected chi connectivity index (χ2v) is 4.70. The van der Waals surface area contributed by atoms with E-state index in [1.54, 1.807) is 0 Å². The van der Waals surface area contributed by atoms with E-state index in [9.17, 15) is 0 Å². The lowest BCUT2D eigenvalue weighted by atomic mass is 10.1. The van der Waals surface area contributed by atoms with Crippen molar-refractivity contribution in [3.05, 3.63) is 47.2 Å². The number of nitrogens with zero attached hydrogens (tertiary/aromatic N) is 1. The van der Waals surface area contributed by atoms with Crippen LogP contribution in [0, 0.1) is 13.8 Å². The van der Waals surface area contributed by atoms with E-state index in [4.69, 9.17) is 11.5 Å². The zero-order valence-electron chi connectivity index (χ0n) is 11.4. The summed E-state index contributed by atoms with van der Waals surface area (Å²) in [6, 6.07) is 10.1. The summed E-state index contributed by atoms with van der Waals surface area (Å²) in [6.07, 6.45) is 0.893. The van der Waals surface area contributed by atoms with Gasteiger partial charge >= 0.3 is 0 Å². The molecular formula is C15H20N4. The molecule has 0 saturated carbocycles. The highest BCUT2D eigenvalue weighted by atomic mass is 15.0. The second kappa shape index (κ2) is 5.71. The summed E-state index contributed by atoms with van der Waals surface area (Å²) in [4.78, 5) is 4.43. The van der Waals surface area contributed by atoms with Gasteiger partial charge in [0.15, 0.2) is 5.82 Å². The van der Waals surface area contributed by atoms with E-state index < -0.39 is 0 Å². The van der Waals surface area contributed by atoms with Gasteiger partial charge in [-0.15, -0.1) is 0 Å². The third-order valence-corrected chi connectivity index (χ3v) is 3.04. The molecule has 0 atom stereocenters. The van der Waals surface area contributed by atoms with Gasteiger partial charge in [0, 0.05) is 11.4 Å². The minimum Gasteiger partial charge on any atom is -0.396 e. The van der Waals surface area contributed by atoms with Crippen LogP contribution in [0.4, 0.5) is 17.2 Å². The predicted molar refractivity (Wildman–Crippen MR) is 80.6 cm³/mol. The first kappa shape index (κ1) is 13.4. The van der Waals surface area contributed by atoms with Crippen LogP contribution >= 0.6 is 0 Å². The molecule has 0 radical (unpaired) electrons. The van der Waals surface area contributed by atoms with Crippen LogP contribution in [0.3, 0.4) is 0 Å². The molecule has 0 aliphatic carbocycles. The van der Waals surface area contributed by atoms with E-state index in [-0.39, 0.29) is 0 Å². The van der Waals surface area contributed by atoms with Gasteiger partial charge in [-0.3, -0.25) is 0 Å². The Morgan fingerprint density at radius 2 is 1.84 bits per heavy atom. The number of nitrogen functional groups attached to an aromatic ring is 1. The van der Waals surface area contributed by atoms with Crippen molar-refractivity contribution in [3.8, 4) is 0 Å². The first-order valence-corrected chi connectivity index (χ1v) is 6.40. The molecule has 0 saturated heterocycles. The number of nitrogens with two attached hydrogens (primary N) is 2. The summed E-state index contributed by atoms with van der Waals surface area (Å²) in [5, 5.41) is 3.26. The van der Waals surface area contributed by atoms with Crippen molar-refractivity contribution in [1.82, 2.24) is 4.98 Å². The molecular weight excluding hydrogens is 236 g/mol. The molecule has 100 valence electrons. The van der Waals surface area contributed by atoms with Gasteiger partial charge in [-0.2, -0.15) is 0 Å². The molecule has 5 N–H and O–H groups in total. The first-order chi connectivity index (χ1) is 9.10. The largest absolute Gasteiger partial charge is 0.396 e. The number of hydrogen-bond donors (Lipinski definition) is 3. The minimum absolute atomic E-state index is 0.665. The minimum atomic E-state index is 0.665. The summed E-state index contributed by atoms with van der Waals surface area (Å²) >= 11 is 0. The molecule has 0 fully saturated rings. The fraction of sp³-hybridized carbons (Fsp3) is 0.267. The zero-order valence-corrected chi connectivity index (χ0v) is 11.4. The molecule has 0 aliphatic rings. The van der Waals surface area contributed by atoms with Gasteiger partial charge in [-0.1, -0.05) is 12.1 Å². The highest BCUT2D eigenvalue weighted by Gasteiger charge is 2.05. The first-order valence-electron chi connectivity index (χ1n) is 6.40. The highest BCUT2D eigenvalue weighted by molar-refractivity contribution is 5.71. The van der Waals surface area contributed by atoms with Crippen molar-refractivity contribution in [2.45, 2.75) is 20.3 Å². The summed E-state index contributed by atoms with van der Waals surface area (Å²) < 4.78 is 0. The van der Waals surface area contributed by atoms with Crippen molar-refractivity contribution >= 4 is 17.2 Å². The summed E-state index contributed by atoms with van der Waals surface area (Å²) in [5.41, 5.74) is 16.5. The molecule has 0 aliphatic heterocycles. The van der Waals surface area contributed by atoms with Crippen molar-refractivity contribution in [2.75, 3.05) is 17.6 Å². The van der Waals surface area contributed by atoms with Gasteiger partial charge < -0.3 is 16.8 Å². The van der Waals surface area contributed by atoms with Gasteiger partial charge in [0.25, 0.3) is 0 Å². The highest BCUT2D eigenvalue weighted by Crippen LogP contribution is 2.24. The van der Waals surface area contributed by atoms with Crippen LogP contribution in [0.1, 0.15) is 16.8 Å².